The first-order valence-electron chi connectivity index (χ1n) is 15.2. The Hall–Kier alpha value is -4.70. The lowest BCUT2D eigenvalue weighted by Gasteiger charge is -2.34. The first-order valence-corrected chi connectivity index (χ1v) is 16.7. The molecule has 2 amide bonds. The van der Waals surface area contributed by atoms with Gasteiger partial charge in [0.1, 0.15) is 24.2 Å². The number of ether oxygens (including phenoxy) is 1. The average Bonchev–Trinajstić information content (AvgIpc) is 3.06. The molecule has 8 nitrogen and oxygen atoms in total. The van der Waals surface area contributed by atoms with Crippen LogP contribution in [-0.4, -0.2) is 50.9 Å². The third-order valence-electron chi connectivity index (χ3n) is 7.27. The van der Waals surface area contributed by atoms with Crippen molar-refractivity contribution in [1.29, 1.82) is 0 Å². The van der Waals surface area contributed by atoms with E-state index in [-0.39, 0.29) is 35.4 Å². The molecule has 0 aliphatic heterocycles. The number of hydrogen-bond donors (Lipinski definition) is 1. The summed E-state index contributed by atoms with van der Waals surface area (Å²) >= 11 is 0. The molecule has 0 fully saturated rings. The van der Waals surface area contributed by atoms with Gasteiger partial charge in [-0.05, 0) is 72.5 Å². The van der Waals surface area contributed by atoms with Crippen molar-refractivity contribution >= 4 is 27.5 Å². The van der Waals surface area contributed by atoms with Crippen LogP contribution in [0.1, 0.15) is 31.9 Å². The number of sulfonamides is 1. The van der Waals surface area contributed by atoms with E-state index in [0.29, 0.717) is 24.5 Å². The Labute approximate surface area is 270 Å². The summed E-state index contributed by atoms with van der Waals surface area (Å²) in [7, 11) is -4.24. The third-order valence-corrected chi connectivity index (χ3v) is 9.06. The molecular formula is C36H40FN3O5S. The van der Waals surface area contributed by atoms with E-state index in [4.69, 9.17) is 4.74 Å². The molecule has 0 radical (unpaired) electrons. The van der Waals surface area contributed by atoms with E-state index in [2.05, 4.69) is 5.32 Å². The van der Waals surface area contributed by atoms with Crippen molar-refractivity contribution in [3.8, 4) is 5.75 Å². The summed E-state index contributed by atoms with van der Waals surface area (Å²) in [6.45, 7) is 5.97. The zero-order valence-corrected chi connectivity index (χ0v) is 27.1. The highest BCUT2D eigenvalue weighted by atomic mass is 32.2. The fourth-order valence-corrected chi connectivity index (χ4v) is 6.30. The molecule has 0 aromatic heterocycles. The number of carbonyl (C=O) groups excluding carboxylic acids is 2. The minimum Gasteiger partial charge on any atom is -0.494 e. The first kappa shape index (κ1) is 34.2. The van der Waals surface area contributed by atoms with E-state index in [0.717, 1.165) is 9.87 Å². The van der Waals surface area contributed by atoms with Gasteiger partial charge in [-0.15, -0.1) is 0 Å². The van der Waals surface area contributed by atoms with E-state index in [1.807, 2.05) is 51.1 Å². The van der Waals surface area contributed by atoms with Crippen LogP contribution in [-0.2, 0) is 32.6 Å². The van der Waals surface area contributed by atoms with Crippen molar-refractivity contribution < 1.29 is 27.1 Å². The Kier molecular flexibility index (Phi) is 11.9. The highest BCUT2D eigenvalue weighted by Gasteiger charge is 2.34. The molecule has 0 aliphatic rings. The van der Waals surface area contributed by atoms with Crippen LogP contribution in [0.25, 0.3) is 0 Å². The Morgan fingerprint density at radius 2 is 1.43 bits per heavy atom. The van der Waals surface area contributed by atoms with Crippen LogP contribution in [0.5, 0.6) is 5.75 Å². The van der Waals surface area contributed by atoms with Crippen molar-refractivity contribution in [2.24, 2.45) is 5.92 Å². The van der Waals surface area contributed by atoms with E-state index >= 15 is 0 Å². The fraction of sp³-hybridized carbons (Fsp3) is 0.278. The molecule has 4 aromatic rings. The summed E-state index contributed by atoms with van der Waals surface area (Å²) in [6.07, 6.45) is 0.189. The monoisotopic (exact) mass is 645 g/mol. The Balaban J connectivity index is 1.76. The molecule has 242 valence electrons. The van der Waals surface area contributed by atoms with E-state index in [1.165, 1.54) is 29.2 Å². The Morgan fingerprint density at radius 1 is 0.826 bits per heavy atom. The molecule has 1 atom stereocenters. The topological polar surface area (TPSA) is 96.0 Å². The van der Waals surface area contributed by atoms with Gasteiger partial charge in [0.25, 0.3) is 10.0 Å². The maximum atomic E-state index is 14.4. The normalized spacial score (nSPS) is 11.9. The molecule has 0 bridgehead atoms. The van der Waals surface area contributed by atoms with Gasteiger partial charge in [0, 0.05) is 19.5 Å². The predicted octanol–water partition coefficient (Wildman–Crippen LogP) is 5.83. The standard InChI is InChI=1S/C36H40FN3O5S/c1-4-45-32-19-21-33(22-20-32)46(43,44)40(31-13-9-6-10-14-31)26-35(41)39(25-29-15-17-30(37)18-16-29)34(36(42)38-24-27(2)3)23-28-11-7-5-8-12-28/h5-22,27,34H,4,23-26H2,1-3H3,(H,38,42)/t34-/m1/s1. The number of nitrogens with one attached hydrogen (secondary N) is 1. The summed E-state index contributed by atoms with van der Waals surface area (Å²) in [5, 5.41) is 2.95. The van der Waals surface area contributed by atoms with Gasteiger partial charge in [0.15, 0.2) is 0 Å². The van der Waals surface area contributed by atoms with Crippen LogP contribution < -0.4 is 14.4 Å². The zero-order chi connectivity index (χ0) is 33.1. The van der Waals surface area contributed by atoms with Crippen molar-refractivity contribution in [2.45, 2.75) is 44.7 Å². The number of nitrogens with zero attached hydrogens (tertiary/aromatic N) is 2. The molecule has 4 aromatic carbocycles. The van der Waals surface area contributed by atoms with Crippen LogP contribution >= 0.6 is 0 Å². The molecular weight excluding hydrogens is 605 g/mol. The maximum Gasteiger partial charge on any atom is 0.264 e. The van der Waals surface area contributed by atoms with Crippen molar-refractivity contribution in [3.05, 3.63) is 126 Å². The van der Waals surface area contributed by atoms with Gasteiger partial charge in [-0.1, -0.05) is 74.5 Å². The Bertz CT molecular complexity index is 1670. The summed E-state index contributed by atoms with van der Waals surface area (Å²) in [5.41, 5.74) is 1.70. The molecule has 0 unspecified atom stereocenters. The molecule has 10 heteroatoms. The number of amides is 2. The van der Waals surface area contributed by atoms with Crippen LogP contribution in [0, 0.1) is 11.7 Å². The second kappa shape index (κ2) is 16.0. The lowest BCUT2D eigenvalue weighted by atomic mass is 10.0. The molecule has 0 aliphatic carbocycles. The van der Waals surface area contributed by atoms with Gasteiger partial charge in [-0.25, -0.2) is 12.8 Å². The number of para-hydroxylation sites is 1. The quantitative estimate of drug-likeness (QED) is 0.176. The third kappa shape index (κ3) is 9.17. The minimum absolute atomic E-state index is 0.0202. The second-order valence-electron chi connectivity index (χ2n) is 11.2. The molecule has 1 N–H and O–H groups in total. The zero-order valence-electron chi connectivity index (χ0n) is 26.3. The SMILES string of the molecule is CCOc1ccc(S(=O)(=O)N(CC(=O)N(Cc2ccc(F)cc2)[C@H](Cc2ccccc2)C(=O)NCC(C)C)c2ccccc2)cc1. The minimum atomic E-state index is -4.24. The second-order valence-corrected chi connectivity index (χ2v) is 13.1. The van der Waals surface area contributed by atoms with Crippen LogP contribution in [0.2, 0.25) is 0 Å². The van der Waals surface area contributed by atoms with Crippen LogP contribution in [0.3, 0.4) is 0 Å². The van der Waals surface area contributed by atoms with Gasteiger partial charge in [-0.2, -0.15) is 0 Å². The van der Waals surface area contributed by atoms with Crippen LogP contribution in [0.4, 0.5) is 10.1 Å². The maximum absolute atomic E-state index is 14.4. The molecule has 0 saturated heterocycles. The molecule has 4 rings (SSSR count). The van der Waals surface area contributed by atoms with E-state index < -0.39 is 34.3 Å². The number of halogens is 1. The largest absolute Gasteiger partial charge is 0.494 e. The summed E-state index contributed by atoms with van der Waals surface area (Å²) in [6, 6.07) is 28.4. The van der Waals surface area contributed by atoms with Crippen molar-refractivity contribution in [1.82, 2.24) is 10.2 Å². The summed E-state index contributed by atoms with van der Waals surface area (Å²) in [4.78, 5) is 29.6. The smallest absolute Gasteiger partial charge is 0.264 e. The summed E-state index contributed by atoms with van der Waals surface area (Å²) < 4.78 is 48.6. The average molecular weight is 646 g/mol. The van der Waals surface area contributed by atoms with Crippen LogP contribution in [0.15, 0.2) is 114 Å². The van der Waals surface area contributed by atoms with E-state index in [9.17, 15) is 22.4 Å². The van der Waals surface area contributed by atoms with Gasteiger partial charge in [0.05, 0.1) is 17.2 Å². The molecule has 46 heavy (non-hydrogen) atoms. The van der Waals surface area contributed by atoms with Gasteiger partial charge in [-0.3, -0.25) is 13.9 Å². The number of benzene rings is 4. The van der Waals surface area contributed by atoms with Gasteiger partial charge in [0.2, 0.25) is 11.8 Å². The van der Waals surface area contributed by atoms with Crippen molar-refractivity contribution in [2.75, 3.05) is 24.0 Å². The molecule has 0 heterocycles. The Morgan fingerprint density at radius 3 is 2.02 bits per heavy atom. The first-order chi connectivity index (χ1) is 22.1. The summed E-state index contributed by atoms with van der Waals surface area (Å²) in [5.74, 6) is -0.716. The number of hydrogen-bond acceptors (Lipinski definition) is 5. The number of rotatable bonds is 15. The number of anilines is 1. The highest BCUT2D eigenvalue weighted by Crippen LogP contribution is 2.26. The fourth-order valence-electron chi connectivity index (χ4n) is 4.89. The number of carbonyl (C=O) groups is 2. The van der Waals surface area contributed by atoms with Crippen molar-refractivity contribution in [3.63, 3.8) is 0 Å². The van der Waals surface area contributed by atoms with Gasteiger partial charge >= 0.3 is 0 Å². The van der Waals surface area contributed by atoms with Gasteiger partial charge < -0.3 is 15.0 Å². The lowest BCUT2D eigenvalue weighted by molar-refractivity contribution is -0.140. The predicted molar refractivity (Wildman–Crippen MR) is 177 cm³/mol. The highest BCUT2D eigenvalue weighted by molar-refractivity contribution is 7.92. The van der Waals surface area contributed by atoms with E-state index in [1.54, 1.807) is 54.6 Å². The lowest BCUT2D eigenvalue weighted by Crippen LogP contribution is -2.53. The molecule has 0 spiro atoms. The molecule has 0 saturated carbocycles.